The van der Waals surface area contributed by atoms with Crippen LogP contribution in [-0.4, -0.2) is 55.2 Å². The predicted octanol–water partition coefficient (Wildman–Crippen LogP) is 1.51. The molecule has 0 aliphatic carbocycles. The lowest BCUT2D eigenvalue weighted by atomic mass is 9.97. The van der Waals surface area contributed by atoms with Gasteiger partial charge in [-0.3, -0.25) is 4.79 Å². The van der Waals surface area contributed by atoms with Crippen LogP contribution >= 0.6 is 0 Å². The first-order chi connectivity index (χ1) is 10.9. The first-order valence-electron chi connectivity index (χ1n) is 8.61. The van der Waals surface area contributed by atoms with Gasteiger partial charge in [0.15, 0.2) is 0 Å². The summed E-state index contributed by atoms with van der Waals surface area (Å²) in [5.41, 5.74) is 0. The van der Waals surface area contributed by atoms with Crippen LogP contribution in [0.1, 0.15) is 45.4 Å². The Labute approximate surface area is 140 Å². The molecule has 2 heterocycles. The molecule has 0 bridgehead atoms. The van der Waals surface area contributed by atoms with Gasteiger partial charge in [-0.1, -0.05) is 12.5 Å². The third-order valence-corrected chi connectivity index (χ3v) is 6.74. The van der Waals surface area contributed by atoms with Crippen LogP contribution in [0.3, 0.4) is 0 Å². The minimum absolute atomic E-state index is 0.0365. The minimum Gasteiger partial charge on any atom is -0.353 e. The fraction of sp³-hybridized carbons (Fsp3) is 0.812. The maximum atomic E-state index is 12.6. The second-order valence-electron chi connectivity index (χ2n) is 6.57. The normalized spacial score (nSPS) is 23.3. The molecule has 2 aliphatic heterocycles. The molecule has 0 aromatic carbocycles. The smallest absolute Gasteiger partial charge is 0.281 e. The fourth-order valence-corrected chi connectivity index (χ4v) is 5.00. The summed E-state index contributed by atoms with van der Waals surface area (Å²) in [4.78, 5) is 12.2. The van der Waals surface area contributed by atoms with Crippen LogP contribution in [0.4, 0.5) is 0 Å². The molecule has 0 aromatic heterocycles. The number of piperidine rings is 2. The van der Waals surface area contributed by atoms with Crippen molar-refractivity contribution in [2.24, 2.45) is 5.92 Å². The zero-order valence-electron chi connectivity index (χ0n) is 14.0. The summed E-state index contributed by atoms with van der Waals surface area (Å²) < 4.78 is 28.4. The van der Waals surface area contributed by atoms with Crippen molar-refractivity contribution in [1.82, 2.24) is 13.9 Å². The van der Waals surface area contributed by atoms with Crippen molar-refractivity contribution < 1.29 is 13.2 Å². The highest BCUT2D eigenvalue weighted by atomic mass is 32.2. The van der Waals surface area contributed by atoms with Crippen LogP contribution in [0, 0.1) is 5.92 Å². The summed E-state index contributed by atoms with van der Waals surface area (Å²) in [5, 5.41) is 2.98. The van der Waals surface area contributed by atoms with E-state index in [2.05, 4.69) is 11.9 Å². The summed E-state index contributed by atoms with van der Waals surface area (Å²) in [6.07, 6.45) is 6.72. The standard InChI is InChI=1S/C16H29N3O3S/c1-3-7-14(2)17-16(20)15-8-12-19(13-9-15)23(21,22)18-10-5-4-6-11-18/h3,14-15H,1,4-13H2,2H3,(H,17,20). The highest BCUT2D eigenvalue weighted by Crippen LogP contribution is 2.23. The van der Waals surface area contributed by atoms with Gasteiger partial charge in [-0.25, -0.2) is 0 Å². The number of hydrogen-bond donors (Lipinski definition) is 1. The van der Waals surface area contributed by atoms with Crippen LogP contribution in [0.5, 0.6) is 0 Å². The largest absolute Gasteiger partial charge is 0.353 e. The number of amides is 1. The van der Waals surface area contributed by atoms with Gasteiger partial charge in [0.25, 0.3) is 10.2 Å². The zero-order valence-corrected chi connectivity index (χ0v) is 14.9. The lowest BCUT2D eigenvalue weighted by molar-refractivity contribution is -0.126. The molecular formula is C16H29N3O3S. The Balaban J connectivity index is 1.85. The average molecular weight is 343 g/mol. The summed E-state index contributed by atoms with van der Waals surface area (Å²) in [6, 6.07) is 0.0788. The second-order valence-corrected chi connectivity index (χ2v) is 8.50. The number of carbonyl (C=O) groups is 1. The summed E-state index contributed by atoms with van der Waals surface area (Å²) in [6.45, 7) is 7.75. The van der Waals surface area contributed by atoms with Gasteiger partial charge in [-0.15, -0.1) is 6.58 Å². The Morgan fingerprint density at radius 3 is 2.30 bits per heavy atom. The van der Waals surface area contributed by atoms with Crippen LogP contribution in [-0.2, 0) is 15.0 Å². The first-order valence-corrected chi connectivity index (χ1v) is 10.0. The molecular weight excluding hydrogens is 314 g/mol. The van der Waals surface area contributed by atoms with E-state index in [1.54, 1.807) is 14.7 Å². The summed E-state index contributed by atoms with van der Waals surface area (Å²) >= 11 is 0. The van der Waals surface area contributed by atoms with Gasteiger partial charge in [-0.05, 0) is 39.0 Å². The van der Waals surface area contributed by atoms with Crippen LogP contribution in [0.25, 0.3) is 0 Å². The molecule has 1 atom stereocenters. The molecule has 132 valence electrons. The third kappa shape index (κ3) is 4.78. The Morgan fingerprint density at radius 1 is 1.17 bits per heavy atom. The molecule has 1 amide bonds. The molecule has 2 fully saturated rings. The summed E-state index contributed by atoms with van der Waals surface area (Å²) in [7, 11) is -3.34. The van der Waals surface area contributed by atoms with Crippen molar-refractivity contribution in [2.75, 3.05) is 26.2 Å². The zero-order chi connectivity index (χ0) is 16.9. The first kappa shape index (κ1) is 18.4. The quantitative estimate of drug-likeness (QED) is 0.743. The molecule has 6 nitrogen and oxygen atoms in total. The highest BCUT2D eigenvalue weighted by Gasteiger charge is 2.35. The Kier molecular flexibility index (Phi) is 6.61. The van der Waals surface area contributed by atoms with Gasteiger partial charge in [0.2, 0.25) is 5.91 Å². The third-order valence-electron chi connectivity index (χ3n) is 4.70. The van der Waals surface area contributed by atoms with Gasteiger partial charge >= 0.3 is 0 Å². The Morgan fingerprint density at radius 2 is 1.74 bits per heavy atom. The molecule has 0 spiro atoms. The van der Waals surface area contributed by atoms with E-state index in [1.807, 2.05) is 6.92 Å². The molecule has 2 aliphatic rings. The van der Waals surface area contributed by atoms with Crippen molar-refractivity contribution in [3.8, 4) is 0 Å². The fourth-order valence-electron chi connectivity index (χ4n) is 3.28. The van der Waals surface area contributed by atoms with E-state index in [1.165, 1.54) is 0 Å². The maximum absolute atomic E-state index is 12.6. The molecule has 0 saturated carbocycles. The second kappa shape index (κ2) is 8.26. The topological polar surface area (TPSA) is 69.7 Å². The molecule has 7 heteroatoms. The molecule has 2 rings (SSSR count). The molecule has 2 saturated heterocycles. The lowest BCUT2D eigenvalue weighted by Gasteiger charge is -2.36. The highest BCUT2D eigenvalue weighted by molar-refractivity contribution is 7.86. The van der Waals surface area contributed by atoms with Crippen LogP contribution < -0.4 is 5.32 Å². The van der Waals surface area contributed by atoms with Gasteiger partial charge in [-0.2, -0.15) is 17.0 Å². The van der Waals surface area contributed by atoms with E-state index < -0.39 is 10.2 Å². The van der Waals surface area contributed by atoms with Crippen LogP contribution in [0.15, 0.2) is 12.7 Å². The van der Waals surface area contributed by atoms with Gasteiger partial charge in [0, 0.05) is 38.1 Å². The number of hydrogen-bond acceptors (Lipinski definition) is 3. The Bertz CT molecular complexity index is 507. The summed E-state index contributed by atoms with van der Waals surface area (Å²) in [5.74, 6) is -0.0514. The molecule has 1 N–H and O–H groups in total. The molecule has 0 radical (unpaired) electrons. The Hall–Kier alpha value is -0.920. The van der Waals surface area contributed by atoms with Crippen molar-refractivity contribution in [2.45, 2.75) is 51.5 Å². The van der Waals surface area contributed by atoms with Gasteiger partial charge in [0.05, 0.1) is 0 Å². The monoisotopic (exact) mass is 343 g/mol. The minimum atomic E-state index is -3.34. The molecule has 0 aromatic rings. The lowest BCUT2D eigenvalue weighted by Crippen LogP contribution is -2.50. The van der Waals surface area contributed by atoms with E-state index in [-0.39, 0.29) is 17.9 Å². The molecule has 23 heavy (non-hydrogen) atoms. The average Bonchev–Trinajstić information content (AvgIpc) is 2.56. The van der Waals surface area contributed by atoms with E-state index in [4.69, 9.17) is 0 Å². The van der Waals surface area contributed by atoms with E-state index in [0.29, 0.717) is 39.0 Å². The number of rotatable bonds is 6. The maximum Gasteiger partial charge on any atom is 0.281 e. The number of carbonyl (C=O) groups excluding carboxylic acids is 1. The van der Waals surface area contributed by atoms with Crippen molar-refractivity contribution in [1.29, 1.82) is 0 Å². The van der Waals surface area contributed by atoms with Crippen molar-refractivity contribution >= 4 is 16.1 Å². The molecule has 1 unspecified atom stereocenters. The predicted molar refractivity (Wildman–Crippen MR) is 91.1 cm³/mol. The van der Waals surface area contributed by atoms with E-state index in [0.717, 1.165) is 25.7 Å². The van der Waals surface area contributed by atoms with Crippen LogP contribution in [0.2, 0.25) is 0 Å². The SMILES string of the molecule is C=CCC(C)NC(=O)C1CCN(S(=O)(=O)N2CCCCC2)CC1. The van der Waals surface area contributed by atoms with Crippen molar-refractivity contribution in [3.05, 3.63) is 12.7 Å². The van der Waals surface area contributed by atoms with Gasteiger partial charge in [0.1, 0.15) is 0 Å². The van der Waals surface area contributed by atoms with E-state index >= 15 is 0 Å². The van der Waals surface area contributed by atoms with Gasteiger partial charge < -0.3 is 5.32 Å². The van der Waals surface area contributed by atoms with E-state index in [9.17, 15) is 13.2 Å². The number of nitrogens with zero attached hydrogens (tertiary/aromatic N) is 2. The number of nitrogens with one attached hydrogen (secondary N) is 1. The van der Waals surface area contributed by atoms with Crippen molar-refractivity contribution in [3.63, 3.8) is 0 Å².